The molecule has 2 aliphatic heterocycles. The number of nitro benzene ring substituents is 1. The van der Waals surface area contributed by atoms with Gasteiger partial charge in [0.15, 0.2) is 5.69 Å². The number of nitro groups is 1. The maximum atomic E-state index is 12.5. The first-order chi connectivity index (χ1) is 13.0. The Morgan fingerprint density at radius 1 is 0.889 bits per heavy atom. The minimum Gasteiger partial charge on any atom is -0.321 e. The Morgan fingerprint density at radius 3 is 2.04 bits per heavy atom. The molecule has 0 spiro atoms. The molecule has 0 radical (unpaired) electrons. The lowest BCUT2D eigenvalue weighted by Crippen LogP contribution is -2.21. The lowest BCUT2D eigenvalue weighted by Gasteiger charge is -2.07. The highest BCUT2D eigenvalue weighted by Crippen LogP contribution is 2.38. The van der Waals surface area contributed by atoms with E-state index in [4.69, 9.17) is 6.57 Å². The van der Waals surface area contributed by atoms with Crippen molar-refractivity contribution in [3.05, 3.63) is 92.3 Å². The minimum atomic E-state index is -0.523. The molecule has 2 amide bonds. The number of carbonyl (C=O) groups excluding carboxylic acids is 2. The lowest BCUT2D eigenvalue weighted by atomic mass is 10.0. The fraction of sp³-hybridized carbons (Fsp3) is 0. The van der Waals surface area contributed by atoms with Crippen LogP contribution in [-0.4, -0.2) is 16.7 Å². The predicted molar refractivity (Wildman–Crippen MR) is 95.9 cm³/mol. The van der Waals surface area contributed by atoms with Gasteiger partial charge in [-0.05, 0) is 29.3 Å². The number of benzene rings is 2. The zero-order valence-corrected chi connectivity index (χ0v) is 13.6. The molecule has 0 aromatic heterocycles. The van der Waals surface area contributed by atoms with E-state index in [9.17, 15) is 19.7 Å². The van der Waals surface area contributed by atoms with Crippen molar-refractivity contribution in [2.24, 2.45) is 0 Å². The first-order valence-corrected chi connectivity index (χ1v) is 7.84. The summed E-state index contributed by atoms with van der Waals surface area (Å²) in [6.07, 6.45) is 0. The van der Waals surface area contributed by atoms with Gasteiger partial charge in [0, 0.05) is 12.1 Å². The maximum absolute atomic E-state index is 12.5. The summed E-state index contributed by atoms with van der Waals surface area (Å²) in [5, 5.41) is 16.2. The molecule has 8 heteroatoms. The van der Waals surface area contributed by atoms with E-state index in [1.165, 1.54) is 24.3 Å². The van der Waals surface area contributed by atoms with Crippen LogP contribution in [0, 0.1) is 16.7 Å². The van der Waals surface area contributed by atoms with E-state index in [0.717, 1.165) is 0 Å². The van der Waals surface area contributed by atoms with Crippen LogP contribution in [0.3, 0.4) is 0 Å². The van der Waals surface area contributed by atoms with Crippen molar-refractivity contribution in [1.82, 2.24) is 10.6 Å². The molecule has 2 heterocycles. The number of nitrogens with one attached hydrogen (secondary N) is 2. The predicted octanol–water partition coefficient (Wildman–Crippen LogP) is 2.53. The normalized spacial score (nSPS) is 15.4. The van der Waals surface area contributed by atoms with E-state index in [2.05, 4.69) is 15.5 Å². The first-order valence-electron chi connectivity index (χ1n) is 7.84. The summed E-state index contributed by atoms with van der Waals surface area (Å²) < 4.78 is 0. The number of rotatable bonds is 3. The summed E-state index contributed by atoms with van der Waals surface area (Å²) in [4.78, 5) is 38.7. The van der Waals surface area contributed by atoms with Gasteiger partial charge in [-0.15, -0.1) is 0 Å². The van der Waals surface area contributed by atoms with Crippen LogP contribution in [0.25, 0.3) is 16.2 Å². The van der Waals surface area contributed by atoms with E-state index >= 15 is 0 Å². The number of hydrogen-bond acceptors (Lipinski definition) is 4. The number of carbonyl (C=O) groups is 2. The molecule has 4 rings (SSSR count). The van der Waals surface area contributed by atoms with Gasteiger partial charge in [-0.25, -0.2) is 4.85 Å². The lowest BCUT2D eigenvalue weighted by molar-refractivity contribution is -0.384. The van der Waals surface area contributed by atoms with Crippen molar-refractivity contribution in [1.29, 1.82) is 0 Å². The van der Waals surface area contributed by atoms with Gasteiger partial charge in [-0.2, -0.15) is 0 Å². The van der Waals surface area contributed by atoms with E-state index < -0.39 is 16.7 Å². The van der Waals surface area contributed by atoms with Crippen LogP contribution in [0.5, 0.6) is 0 Å². The third-order valence-electron chi connectivity index (χ3n) is 4.31. The molecule has 2 aromatic carbocycles. The Bertz CT molecular complexity index is 1140. The molecule has 0 saturated carbocycles. The fourth-order valence-electron chi connectivity index (χ4n) is 3.09. The molecule has 2 N–H and O–H groups in total. The van der Waals surface area contributed by atoms with Gasteiger partial charge in [0.05, 0.1) is 34.0 Å². The Morgan fingerprint density at radius 2 is 1.48 bits per heavy atom. The van der Waals surface area contributed by atoms with E-state index in [0.29, 0.717) is 28.2 Å². The van der Waals surface area contributed by atoms with Gasteiger partial charge in [0.25, 0.3) is 17.5 Å². The monoisotopic (exact) mass is 358 g/mol. The van der Waals surface area contributed by atoms with Gasteiger partial charge in [-0.1, -0.05) is 18.2 Å². The van der Waals surface area contributed by atoms with Gasteiger partial charge in [0.2, 0.25) is 0 Å². The molecule has 0 saturated heterocycles. The SMILES string of the molecule is [C-]#[N+]c1cccc(C2=C3C(=O)NC(c4ccc([N+](=O)[O-])cc4)=C3C(=O)N2)c1. The van der Waals surface area contributed by atoms with Crippen LogP contribution in [0.15, 0.2) is 59.7 Å². The number of nitrogens with zero attached hydrogens (tertiary/aromatic N) is 2. The van der Waals surface area contributed by atoms with Crippen molar-refractivity contribution in [3.63, 3.8) is 0 Å². The number of non-ortho nitro benzene ring substituents is 1. The molecule has 0 fully saturated rings. The smallest absolute Gasteiger partial charge is 0.269 e. The van der Waals surface area contributed by atoms with Gasteiger partial charge >= 0.3 is 0 Å². The quantitative estimate of drug-likeness (QED) is 0.499. The van der Waals surface area contributed by atoms with Crippen LogP contribution in [0.1, 0.15) is 11.1 Å². The van der Waals surface area contributed by atoms with Crippen molar-refractivity contribution in [3.8, 4) is 0 Å². The number of hydrogen-bond donors (Lipinski definition) is 2. The zero-order chi connectivity index (χ0) is 19.1. The summed E-state index contributed by atoms with van der Waals surface area (Å²) in [6, 6.07) is 12.2. The number of fused-ring (bicyclic) bond motifs is 1. The third-order valence-corrected chi connectivity index (χ3v) is 4.31. The average molecular weight is 358 g/mol. The van der Waals surface area contributed by atoms with Gasteiger partial charge < -0.3 is 10.6 Å². The molecular weight excluding hydrogens is 348 g/mol. The van der Waals surface area contributed by atoms with E-state index in [1.807, 2.05) is 0 Å². The average Bonchev–Trinajstić information content (AvgIpc) is 3.20. The Labute approximate surface area is 152 Å². The van der Waals surface area contributed by atoms with Crippen molar-refractivity contribution in [2.45, 2.75) is 0 Å². The highest BCUT2D eigenvalue weighted by atomic mass is 16.6. The first kappa shape index (κ1) is 16.2. The molecule has 0 aliphatic carbocycles. The maximum Gasteiger partial charge on any atom is 0.269 e. The van der Waals surface area contributed by atoms with E-state index in [1.54, 1.807) is 24.3 Å². The summed E-state index contributed by atoms with van der Waals surface area (Å²) in [6.45, 7) is 7.11. The largest absolute Gasteiger partial charge is 0.321 e. The molecule has 0 bridgehead atoms. The summed E-state index contributed by atoms with van der Waals surface area (Å²) in [5.74, 6) is -0.889. The summed E-state index contributed by atoms with van der Waals surface area (Å²) in [5.41, 5.74) is 2.40. The van der Waals surface area contributed by atoms with Crippen LogP contribution < -0.4 is 10.6 Å². The van der Waals surface area contributed by atoms with Crippen LogP contribution in [-0.2, 0) is 9.59 Å². The Kier molecular flexibility index (Phi) is 3.56. The second-order valence-electron chi connectivity index (χ2n) is 5.87. The van der Waals surface area contributed by atoms with E-state index in [-0.39, 0.29) is 16.8 Å². The minimum absolute atomic E-state index is 0.0861. The standard InChI is InChI=1S/C19H10N4O4/c1-20-12-4-2-3-11(9-12)17-15-14(18(24)22-17)16(21-19(15)25)10-5-7-13(8-6-10)23(26)27/h2-9H,(H,21,25)(H,22,24). The van der Waals surface area contributed by atoms with Gasteiger partial charge in [-0.3, -0.25) is 19.7 Å². The molecule has 8 nitrogen and oxygen atoms in total. The molecule has 2 aromatic rings. The third kappa shape index (κ3) is 2.54. The number of amides is 2. The van der Waals surface area contributed by atoms with Gasteiger partial charge in [0.1, 0.15) is 0 Å². The van der Waals surface area contributed by atoms with Crippen LogP contribution in [0.2, 0.25) is 0 Å². The zero-order valence-electron chi connectivity index (χ0n) is 13.6. The molecule has 27 heavy (non-hydrogen) atoms. The molecule has 0 atom stereocenters. The topological polar surface area (TPSA) is 106 Å². The van der Waals surface area contributed by atoms with Crippen molar-refractivity contribution >= 4 is 34.6 Å². The highest BCUT2D eigenvalue weighted by Gasteiger charge is 2.40. The second kappa shape index (κ2) is 5.93. The second-order valence-corrected chi connectivity index (χ2v) is 5.87. The molecule has 2 aliphatic rings. The fourth-order valence-corrected chi connectivity index (χ4v) is 3.09. The van der Waals surface area contributed by atoms with Crippen molar-refractivity contribution < 1.29 is 14.5 Å². The summed E-state index contributed by atoms with van der Waals surface area (Å²) >= 11 is 0. The molecule has 0 unspecified atom stereocenters. The molecule has 130 valence electrons. The van der Waals surface area contributed by atoms with Crippen LogP contribution >= 0.6 is 0 Å². The Balaban J connectivity index is 1.85. The van der Waals surface area contributed by atoms with Crippen LogP contribution in [0.4, 0.5) is 11.4 Å². The Hall–Kier alpha value is -4.25. The van der Waals surface area contributed by atoms with Crippen molar-refractivity contribution in [2.75, 3.05) is 0 Å². The highest BCUT2D eigenvalue weighted by molar-refractivity contribution is 6.30. The summed E-state index contributed by atoms with van der Waals surface area (Å²) in [7, 11) is 0. The molecular formula is C19H10N4O4.